The minimum atomic E-state index is -0.669. The number of carbonyl (C=O) groups excluding carboxylic acids is 1. The summed E-state index contributed by atoms with van der Waals surface area (Å²) in [4.78, 5) is 11.0. The van der Waals surface area contributed by atoms with Crippen LogP contribution in [0.4, 0.5) is 14.5 Å². The van der Waals surface area contributed by atoms with Crippen LogP contribution in [0, 0.1) is 18.6 Å². The number of halogens is 2. The topological polar surface area (TPSA) is 38.3 Å². The third-order valence-corrected chi connectivity index (χ3v) is 2.22. The number of anilines is 1. The maximum atomic E-state index is 13.5. The zero-order valence-corrected chi connectivity index (χ0v) is 9.85. The maximum Gasteiger partial charge on any atom is 0.307 e. The van der Waals surface area contributed by atoms with Crippen LogP contribution in [0.1, 0.15) is 18.9 Å². The second kappa shape index (κ2) is 6.18. The van der Waals surface area contributed by atoms with Gasteiger partial charge in [0.2, 0.25) is 0 Å². The van der Waals surface area contributed by atoms with E-state index in [1.165, 1.54) is 12.1 Å². The standard InChI is InChI=1S/C12H15F2NO2/c1-3-17-10(16)6-7-15-12-9(13)5-4-8(2)11(12)14/h4-5,15H,3,6-7H2,1-2H3. The minimum absolute atomic E-state index is 0.0701. The molecular weight excluding hydrogens is 228 g/mol. The molecule has 17 heavy (non-hydrogen) atoms. The molecule has 0 amide bonds. The van der Waals surface area contributed by atoms with Gasteiger partial charge in [0.1, 0.15) is 11.5 Å². The maximum absolute atomic E-state index is 13.5. The summed E-state index contributed by atoms with van der Waals surface area (Å²) in [6.07, 6.45) is 0.0701. The first-order chi connectivity index (χ1) is 8.06. The van der Waals surface area contributed by atoms with Gasteiger partial charge in [-0.1, -0.05) is 6.07 Å². The average Bonchev–Trinajstić information content (AvgIpc) is 2.29. The predicted molar refractivity (Wildman–Crippen MR) is 60.8 cm³/mol. The Bertz CT molecular complexity index is 408. The number of esters is 1. The van der Waals surface area contributed by atoms with Crippen LogP contribution in [-0.4, -0.2) is 19.1 Å². The highest BCUT2D eigenvalue weighted by atomic mass is 19.1. The number of nitrogens with one attached hydrogen (secondary N) is 1. The number of rotatable bonds is 5. The van der Waals surface area contributed by atoms with Crippen molar-refractivity contribution in [3.8, 4) is 0 Å². The molecule has 0 aromatic heterocycles. The van der Waals surface area contributed by atoms with Crippen molar-refractivity contribution in [1.29, 1.82) is 0 Å². The van der Waals surface area contributed by atoms with E-state index in [0.29, 0.717) is 12.2 Å². The lowest BCUT2D eigenvalue weighted by Crippen LogP contribution is -2.13. The molecule has 0 saturated heterocycles. The molecule has 0 aliphatic rings. The first kappa shape index (κ1) is 13.4. The third kappa shape index (κ3) is 3.69. The predicted octanol–water partition coefficient (Wildman–Crippen LogP) is 2.64. The Balaban J connectivity index is 2.58. The summed E-state index contributed by atoms with van der Waals surface area (Å²) in [6.45, 7) is 3.68. The number of hydrogen-bond acceptors (Lipinski definition) is 3. The molecule has 0 unspecified atom stereocenters. The van der Waals surface area contributed by atoms with Crippen molar-refractivity contribution in [3.63, 3.8) is 0 Å². The van der Waals surface area contributed by atoms with E-state index >= 15 is 0 Å². The van der Waals surface area contributed by atoms with Crippen molar-refractivity contribution >= 4 is 11.7 Å². The summed E-state index contributed by atoms with van der Waals surface area (Å²) in [5.74, 6) is -1.70. The van der Waals surface area contributed by atoms with E-state index < -0.39 is 17.6 Å². The molecular formula is C12H15F2NO2. The minimum Gasteiger partial charge on any atom is -0.466 e. The van der Waals surface area contributed by atoms with Gasteiger partial charge in [0, 0.05) is 6.54 Å². The molecule has 0 heterocycles. The normalized spacial score (nSPS) is 10.1. The number of carbonyl (C=O) groups is 1. The van der Waals surface area contributed by atoms with Crippen molar-refractivity contribution in [1.82, 2.24) is 0 Å². The molecule has 5 heteroatoms. The van der Waals surface area contributed by atoms with Crippen LogP contribution in [0.15, 0.2) is 12.1 Å². The molecule has 3 nitrogen and oxygen atoms in total. The molecule has 1 aromatic rings. The van der Waals surface area contributed by atoms with Crippen LogP contribution >= 0.6 is 0 Å². The lowest BCUT2D eigenvalue weighted by atomic mass is 10.2. The average molecular weight is 243 g/mol. The molecule has 0 atom stereocenters. The molecule has 1 rings (SSSR count). The largest absolute Gasteiger partial charge is 0.466 e. The highest BCUT2D eigenvalue weighted by molar-refractivity contribution is 5.70. The van der Waals surface area contributed by atoms with E-state index in [1.54, 1.807) is 13.8 Å². The highest BCUT2D eigenvalue weighted by Crippen LogP contribution is 2.21. The van der Waals surface area contributed by atoms with Crippen LogP contribution in [0.5, 0.6) is 0 Å². The van der Waals surface area contributed by atoms with Gasteiger partial charge in [-0.3, -0.25) is 4.79 Å². The van der Waals surface area contributed by atoms with E-state index in [-0.39, 0.29) is 18.7 Å². The fraction of sp³-hybridized carbons (Fsp3) is 0.417. The first-order valence-electron chi connectivity index (χ1n) is 5.40. The van der Waals surface area contributed by atoms with Gasteiger partial charge < -0.3 is 10.1 Å². The van der Waals surface area contributed by atoms with Crippen LogP contribution in [-0.2, 0) is 9.53 Å². The van der Waals surface area contributed by atoms with Crippen molar-refractivity contribution in [3.05, 3.63) is 29.3 Å². The van der Waals surface area contributed by atoms with Gasteiger partial charge in [-0.2, -0.15) is 0 Å². The van der Waals surface area contributed by atoms with Gasteiger partial charge in [0.05, 0.1) is 13.0 Å². The van der Waals surface area contributed by atoms with E-state index in [9.17, 15) is 13.6 Å². The van der Waals surface area contributed by atoms with Crippen LogP contribution in [0.25, 0.3) is 0 Å². The number of aryl methyl sites for hydroxylation is 1. The van der Waals surface area contributed by atoms with E-state index in [2.05, 4.69) is 5.32 Å². The molecule has 94 valence electrons. The van der Waals surface area contributed by atoms with Crippen molar-refractivity contribution in [2.45, 2.75) is 20.3 Å². The first-order valence-corrected chi connectivity index (χ1v) is 5.40. The van der Waals surface area contributed by atoms with Gasteiger partial charge in [0.15, 0.2) is 5.82 Å². The van der Waals surface area contributed by atoms with Crippen LogP contribution in [0.3, 0.4) is 0 Å². The summed E-state index contributed by atoms with van der Waals surface area (Å²) in [7, 11) is 0. The Morgan fingerprint density at radius 3 is 2.76 bits per heavy atom. The fourth-order valence-corrected chi connectivity index (χ4v) is 1.34. The lowest BCUT2D eigenvalue weighted by molar-refractivity contribution is -0.142. The van der Waals surface area contributed by atoms with Crippen LogP contribution < -0.4 is 5.32 Å². The Morgan fingerprint density at radius 1 is 1.41 bits per heavy atom. The van der Waals surface area contributed by atoms with E-state index in [0.717, 1.165) is 0 Å². The molecule has 0 saturated carbocycles. The summed E-state index contributed by atoms with van der Waals surface area (Å²) in [5, 5.41) is 2.56. The zero-order valence-electron chi connectivity index (χ0n) is 9.85. The van der Waals surface area contributed by atoms with Crippen LogP contribution in [0.2, 0.25) is 0 Å². The molecule has 1 N–H and O–H groups in total. The number of benzene rings is 1. The molecule has 1 aromatic carbocycles. The Morgan fingerprint density at radius 2 is 2.12 bits per heavy atom. The lowest BCUT2D eigenvalue weighted by Gasteiger charge is -2.09. The molecule has 0 aliphatic carbocycles. The Hall–Kier alpha value is -1.65. The summed E-state index contributed by atoms with van der Waals surface area (Å²) >= 11 is 0. The second-order valence-corrected chi connectivity index (χ2v) is 3.54. The fourth-order valence-electron chi connectivity index (χ4n) is 1.34. The third-order valence-electron chi connectivity index (χ3n) is 2.22. The zero-order chi connectivity index (χ0) is 12.8. The molecule has 0 spiro atoms. The monoisotopic (exact) mass is 243 g/mol. The van der Waals surface area contributed by atoms with Crippen molar-refractivity contribution in [2.75, 3.05) is 18.5 Å². The van der Waals surface area contributed by atoms with Gasteiger partial charge in [-0.15, -0.1) is 0 Å². The molecule has 0 radical (unpaired) electrons. The summed E-state index contributed by atoms with van der Waals surface area (Å²) < 4.78 is 31.5. The summed E-state index contributed by atoms with van der Waals surface area (Å²) in [6, 6.07) is 2.55. The smallest absolute Gasteiger partial charge is 0.307 e. The molecule has 0 aliphatic heterocycles. The van der Waals surface area contributed by atoms with Crippen molar-refractivity contribution in [2.24, 2.45) is 0 Å². The summed E-state index contributed by atoms with van der Waals surface area (Å²) in [5.41, 5.74) is 0.152. The second-order valence-electron chi connectivity index (χ2n) is 3.54. The van der Waals surface area contributed by atoms with Crippen molar-refractivity contribution < 1.29 is 18.3 Å². The number of ether oxygens (including phenoxy) is 1. The Kier molecular flexibility index (Phi) is 4.87. The Labute approximate surface area is 98.8 Å². The quantitative estimate of drug-likeness (QED) is 0.808. The van der Waals surface area contributed by atoms with Gasteiger partial charge in [0.25, 0.3) is 0 Å². The van der Waals surface area contributed by atoms with Gasteiger partial charge in [-0.25, -0.2) is 8.78 Å². The molecule has 0 bridgehead atoms. The SMILES string of the molecule is CCOC(=O)CCNc1c(F)ccc(C)c1F. The van der Waals surface area contributed by atoms with Gasteiger partial charge in [-0.05, 0) is 25.5 Å². The number of hydrogen-bond donors (Lipinski definition) is 1. The highest BCUT2D eigenvalue weighted by Gasteiger charge is 2.11. The van der Waals surface area contributed by atoms with E-state index in [1.807, 2.05) is 0 Å². The van der Waals surface area contributed by atoms with E-state index in [4.69, 9.17) is 4.74 Å². The van der Waals surface area contributed by atoms with Gasteiger partial charge >= 0.3 is 5.97 Å². The molecule has 0 fully saturated rings.